The molecule has 0 aliphatic carbocycles. The van der Waals surface area contributed by atoms with Crippen LogP contribution >= 0.6 is 0 Å². The zero-order chi connectivity index (χ0) is 23.0. The SMILES string of the molecule is Cc1c(C(=O)N2CCN(C(=O)c3cccc(C(F)(F)F)c3)CC2)c2ccccc2[nH]c1=O. The molecule has 3 aromatic rings. The van der Waals surface area contributed by atoms with E-state index in [9.17, 15) is 27.6 Å². The maximum Gasteiger partial charge on any atom is 0.416 e. The van der Waals surface area contributed by atoms with Gasteiger partial charge in [-0.1, -0.05) is 24.3 Å². The number of carbonyl (C=O) groups excluding carboxylic acids is 2. The van der Waals surface area contributed by atoms with E-state index < -0.39 is 17.6 Å². The van der Waals surface area contributed by atoms with Crippen LogP contribution in [0.4, 0.5) is 13.2 Å². The molecule has 1 aliphatic rings. The smallest absolute Gasteiger partial charge is 0.335 e. The van der Waals surface area contributed by atoms with Crippen LogP contribution in [0.25, 0.3) is 10.9 Å². The predicted octanol–water partition coefficient (Wildman–Crippen LogP) is 3.45. The molecular formula is C23H20F3N3O3. The van der Waals surface area contributed by atoms with E-state index in [0.29, 0.717) is 22.0 Å². The molecule has 0 radical (unpaired) electrons. The zero-order valence-corrected chi connectivity index (χ0v) is 17.2. The quantitative estimate of drug-likeness (QED) is 0.660. The van der Waals surface area contributed by atoms with Crippen LogP contribution in [0.2, 0.25) is 0 Å². The van der Waals surface area contributed by atoms with Crippen molar-refractivity contribution in [2.75, 3.05) is 26.2 Å². The van der Waals surface area contributed by atoms with Gasteiger partial charge in [0.25, 0.3) is 17.4 Å². The van der Waals surface area contributed by atoms with Gasteiger partial charge in [-0.15, -0.1) is 0 Å². The number of hydrogen-bond acceptors (Lipinski definition) is 3. The minimum atomic E-state index is -4.53. The molecule has 2 aromatic carbocycles. The molecule has 0 atom stereocenters. The number of aromatic amines is 1. The standard InChI is InChI=1S/C23H20F3N3O3/c1-14-19(17-7-2-3-8-18(17)27-20(14)30)22(32)29-11-9-28(10-12-29)21(31)15-5-4-6-16(13-15)23(24,25)26/h2-8,13H,9-12H2,1H3,(H,27,30). The van der Waals surface area contributed by atoms with Crippen LogP contribution in [0.1, 0.15) is 31.8 Å². The molecule has 166 valence electrons. The Bertz CT molecular complexity index is 1260. The Morgan fingerprint density at radius 1 is 0.906 bits per heavy atom. The van der Waals surface area contributed by atoms with Gasteiger partial charge in [0, 0.05) is 48.2 Å². The number of halogens is 3. The Kier molecular flexibility index (Phi) is 5.50. The number of fused-ring (bicyclic) bond motifs is 1. The first-order chi connectivity index (χ1) is 15.2. The molecule has 0 spiro atoms. The fraction of sp³-hybridized carbons (Fsp3) is 0.261. The third-order valence-electron chi connectivity index (χ3n) is 5.67. The first-order valence-corrected chi connectivity index (χ1v) is 10.0. The number of carbonyl (C=O) groups is 2. The highest BCUT2D eigenvalue weighted by atomic mass is 19.4. The number of nitrogens with one attached hydrogen (secondary N) is 1. The lowest BCUT2D eigenvalue weighted by Gasteiger charge is -2.35. The van der Waals surface area contributed by atoms with Crippen molar-refractivity contribution in [2.45, 2.75) is 13.1 Å². The fourth-order valence-corrected chi connectivity index (χ4v) is 3.90. The molecule has 1 aliphatic heterocycles. The van der Waals surface area contributed by atoms with Crippen LogP contribution in [0.5, 0.6) is 0 Å². The molecule has 0 unspecified atom stereocenters. The summed E-state index contributed by atoms with van der Waals surface area (Å²) in [5.41, 5.74) is -0.0711. The molecule has 1 aromatic heterocycles. The first-order valence-electron chi connectivity index (χ1n) is 10.0. The normalized spacial score (nSPS) is 14.6. The predicted molar refractivity (Wildman–Crippen MR) is 113 cm³/mol. The number of H-pyrrole nitrogens is 1. The van der Waals surface area contributed by atoms with Gasteiger partial charge >= 0.3 is 6.18 Å². The number of pyridine rings is 1. The van der Waals surface area contributed by atoms with Crippen LogP contribution in [0.3, 0.4) is 0 Å². The molecule has 9 heteroatoms. The van der Waals surface area contributed by atoms with Crippen molar-refractivity contribution < 1.29 is 22.8 Å². The van der Waals surface area contributed by atoms with Crippen LogP contribution in [-0.2, 0) is 6.18 Å². The van der Waals surface area contributed by atoms with Crippen molar-refractivity contribution in [3.8, 4) is 0 Å². The molecule has 0 saturated carbocycles. The maximum absolute atomic E-state index is 13.2. The molecule has 1 saturated heterocycles. The molecule has 4 rings (SSSR count). The molecule has 6 nitrogen and oxygen atoms in total. The molecular weight excluding hydrogens is 423 g/mol. The topological polar surface area (TPSA) is 73.5 Å². The van der Waals surface area contributed by atoms with Gasteiger partial charge in [-0.2, -0.15) is 13.2 Å². The monoisotopic (exact) mass is 443 g/mol. The molecule has 32 heavy (non-hydrogen) atoms. The van der Waals surface area contributed by atoms with Gasteiger partial charge in [0.05, 0.1) is 11.1 Å². The van der Waals surface area contributed by atoms with Crippen LogP contribution in [0, 0.1) is 6.92 Å². The second-order valence-corrected chi connectivity index (χ2v) is 7.66. The number of piperazine rings is 1. The highest BCUT2D eigenvalue weighted by Gasteiger charge is 2.32. The number of benzene rings is 2. The van der Waals surface area contributed by atoms with Crippen molar-refractivity contribution in [1.82, 2.24) is 14.8 Å². The van der Waals surface area contributed by atoms with E-state index in [1.165, 1.54) is 17.0 Å². The number of amides is 2. The van der Waals surface area contributed by atoms with Gasteiger partial charge < -0.3 is 14.8 Å². The highest BCUT2D eigenvalue weighted by molar-refractivity contribution is 6.07. The zero-order valence-electron chi connectivity index (χ0n) is 17.2. The second kappa shape index (κ2) is 8.14. The Morgan fingerprint density at radius 3 is 2.19 bits per heavy atom. The Morgan fingerprint density at radius 2 is 1.53 bits per heavy atom. The maximum atomic E-state index is 13.2. The average molecular weight is 443 g/mol. The van der Waals surface area contributed by atoms with E-state index in [1.54, 1.807) is 36.1 Å². The largest absolute Gasteiger partial charge is 0.416 e. The van der Waals surface area contributed by atoms with E-state index in [1.807, 2.05) is 0 Å². The van der Waals surface area contributed by atoms with Crippen molar-refractivity contribution >= 4 is 22.7 Å². The van der Waals surface area contributed by atoms with Crippen molar-refractivity contribution in [2.24, 2.45) is 0 Å². The molecule has 2 heterocycles. The summed E-state index contributed by atoms with van der Waals surface area (Å²) in [7, 11) is 0. The van der Waals surface area contributed by atoms with Crippen molar-refractivity contribution in [3.63, 3.8) is 0 Å². The van der Waals surface area contributed by atoms with Gasteiger partial charge in [0.15, 0.2) is 0 Å². The lowest BCUT2D eigenvalue weighted by Crippen LogP contribution is -2.51. The Balaban J connectivity index is 1.52. The highest BCUT2D eigenvalue weighted by Crippen LogP contribution is 2.30. The summed E-state index contributed by atoms with van der Waals surface area (Å²) >= 11 is 0. The number of rotatable bonds is 2. The molecule has 0 bridgehead atoms. The van der Waals surface area contributed by atoms with E-state index >= 15 is 0 Å². The summed E-state index contributed by atoms with van der Waals surface area (Å²) in [6.07, 6.45) is -4.53. The number of para-hydroxylation sites is 1. The third kappa shape index (κ3) is 3.98. The fourth-order valence-electron chi connectivity index (χ4n) is 3.90. The summed E-state index contributed by atoms with van der Waals surface area (Å²) in [5.74, 6) is -0.822. The van der Waals surface area contributed by atoms with Crippen molar-refractivity contribution in [1.29, 1.82) is 0 Å². The number of nitrogens with zero attached hydrogens (tertiary/aromatic N) is 2. The van der Waals surface area contributed by atoms with Gasteiger partial charge in [-0.25, -0.2) is 0 Å². The van der Waals surface area contributed by atoms with Crippen LogP contribution in [-0.4, -0.2) is 52.8 Å². The molecule has 2 amide bonds. The lowest BCUT2D eigenvalue weighted by atomic mass is 10.0. The molecule has 1 N–H and O–H groups in total. The van der Waals surface area contributed by atoms with Crippen molar-refractivity contribution in [3.05, 3.63) is 81.1 Å². The molecule has 1 fully saturated rings. The average Bonchev–Trinajstić information content (AvgIpc) is 2.79. The summed E-state index contributed by atoms with van der Waals surface area (Å²) < 4.78 is 38.9. The van der Waals surface area contributed by atoms with E-state index in [0.717, 1.165) is 12.1 Å². The van der Waals surface area contributed by atoms with Crippen LogP contribution in [0.15, 0.2) is 53.3 Å². The summed E-state index contributed by atoms with van der Waals surface area (Å²) in [4.78, 5) is 44.0. The minimum absolute atomic E-state index is 0.0453. The Hall–Kier alpha value is -3.62. The van der Waals surface area contributed by atoms with Gasteiger partial charge in [-0.3, -0.25) is 14.4 Å². The summed E-state index contributed by atoms with van der Waals surface area (Å²) in [5, 5.41) is 0.636. The Labute approximate surface area is 181 Å². The van der Waals surface area contributed by atoms with E-state index in [2.05, 4.69) is 4.98 Å². The second-order valence-electron chi connectivity index (χ2n) is 7.66. The first kappa shape index (κ1) is 21.6. The van der Waals surface area contributed by atoms with E-state index in [4.69, 9.17) is 0 Å². The number of aromatic nitrogens is 1. The minimum Gasteiger partial charge on any atom is -0.335 e. The van der Waals surface area contributed by atoms with Gasteiger partial charge in [0.1, 0.15) is 0 Å². The van der Waals surface area contributed by atoms with Crippen LogP contribution < -0.4 is 5.56 Å². The summed E-state index contributed by atoms with van der Waals surface area (Å²) in [6.45, 7) is 2.38. The number of alkyl halides is 3. The number of hydrogen-bond donors (Lipinski definition) is 1. The van der Waals surface area contributed by atoms with E-state index in [-0.39, 0.29) is 43.2 Å². The van der Waals surface area contributed by atoms with Gasteiger partial charge in [-0.05, 0) is 31.2 Å². The lowest BCUT2D eigenvalue weighted by molar-refractivity contribution is -0.137. The summed E-state index contributed by atoms with van der Waals surface area (Å²) in [6, 6.07) is 11.3. The third-order valence-corrected chi connectivity index (χ3v) is 5.67. The van der Waals surface area contributed by atoms with Gasteiger partial charge in [0.2, 0.25) is 0 Å².